The van der Waals surface area contributed by atoms with Gasteiger partial charge in [0.25, 0.3) is 5.69 Å². The molecule has 0 unspecified atom stereocenters. The van der Waals surface area contributed by atoms with Crippen LogP contribution in [0, 0.1) is 17.0 Å². The Morgan fingerprint density at radius 3 is 2.64 bits per heavy atom. The third-order valence-electron chi connectivity index (χ3n) is 3.25. The average Bonchev–Trinajstić information content (AvgIpc) is 2.98. The normalized spacial score (nSPS) is 10.6. The van der Waals surface area contributed by atoms with E-state index in [0.717, 1.165) is 5.56 Å². The van der Waals surface area contributed by atoms with Crippen molar-refractivity contribution in [3.63, 3.8) is 0 Å². The molecule has 22 heavy (non-hydrogen) atoms. The standard InChI is InChI=1S/C16H13N3O3/c1-11-5-7-12(8-6-11)9-15-17-18-16(22-15)13-3-2-4-14(10-13)19(20)21/h2-8,10H,9H2,1H3. The van der Waals surface area contributed by atoms with Crippen molar-refractivity contribution in [1.29, 1.82) is 0 Å². The van der Waals surface area contributed by atoms with Crippen LogP contribution in [0.15, 0.2) is 52.9 Å². The van der Waals surface area contributed by atoms with Gasteiger partial charge < -0.3 is 4.42 Å². The Bertz CT molecular complexity index is 810. The molecule has 6 nitrogen and oxygen atoms in total. The van der Waals surface area contributed by atoms with Crippen LogP contribution < -0.4 is 0 Å². The van der Waals surface area contributed by atoms with E-state index in [1.165, 1.54) is 17.7 Å². The number of benzene rings is 2. The number of non-ortho nitro benzene ring substituents is 1. The maximum atomic E-state index is 10.8. The van der Waals surface area contributed by atoms with E-state index < -0.39 is 4.92 Å². The van der Waals surface area contributed by atoms with Crippen LogP contribution in [0.25, 0.3) is 11.5 Å². The lowest BCUT2D eigenvalue weighted by Gasteiger charge is -1.98. The van der Waals surface area contributed by atoms with E-state index in [0.29, 0.717) is 17.9 Å². The molecule has 0 amide bonds. The fourth-order valence-electron chi connectivity index (χ4n) is 2.07. The summed E-state index contributed by atoms with van der Waals surface area (Å²) in [5.41, 5.74) is 2.79. The monoisotopic (exact) mass is 295 g/mol. The van der Waals surface area contributed by atoms with E-state index in [9.17, 15) is 10.1 Å². The summed E-state index contributed by atoms with van der Waals surface area (Å²) in [6.07, 6.45) is 0.530. The molecule has 0 aliphatic carbocycles. The smallest absolute Gasteiger partial charge is 0.270 e. The molecule has 1 heterocycles. The van der Waals surface area contributed by atoms with Crippen molar-refractivity contribution in [1.82, 2.24) is 10.2 Å². The van der Waals surface area contributed by atoms with Crippen molar-refractivity contribution in [2.75, 3.05) is 0 Å². The highest BCUT2D eigenvalue weighted by Gasteiger charge is 2.13. The van der Waals surface area contributed by atoms with E-state index in [2.05, 4.69) is 10.2 Å². The van der Waals surface area contributed by atoms with Crippen molar-refractivity contribution < 1.29 is 9.34 Å². The Labute approximate surface area is 126 Å². The molecule has 0 saturated carbocycles. The second-order valence-electron chi connectivity index (χ2n) is 4.97. The molecular formula is C16H13N3O3. The summed E-state index contributed by atoms with van der Waals surface area (Å²) in [4.78, 5) is 10.3. The van der Waals surface area contributed by atoms with Gasteiger partial charge in [-0.2, -0.15) is 0 Å². The maximum Gasteiger partial charge on any atom is 0.270 e. The number of hydrogen-bond acceptors (Lipinski definition) is 5. The molecule has 1 aromatic heterocycles. The molecule has 0 atom stereocenters. The lowest BCUT2D eigenvalue weighted by Crippen LogP contribution is -1.88. The van der Waals surface area contributed by atoms with E-state index in [1.807, 2.05) is 31.2 Å². The topological polar surface area (TPSA) is 82.1 Å². The first-order valence-corrected chi connectivity index (χ1v) is 6.74. The number of hydrogen-bond donors (Lipinski definition) is 0. The zero-order valence-electron chi connectivity index (χ0n) is 11.9. The van der Waals surface area contributed by atoms with Crippen molar-refractivity contribution in [2.45, 2.75) is 13.3 Å². The summed E-state index contributed by atoms with van der Waals surface area (Å²) >= 11 is 0. The number of nitrogens with zero attached hydrogens (tertiary/aromatic N) is 3. The molecule has 0 fully saturated rings. The second kappa shape index (κ2) is 5.77. The second-order valence-corrected chi connectivity index (χ2v) is 4.97. The Balaban J connectivity index is 1.83. The Kier molecular flexibility index (Phi) is 3.65. The summed E-state index contributed by atoms with van der Waals surface area (Å²) in [7, 11) is 0. The van der Waals surface area contributed by atoms with Gasteiger partial charge in [-0.25, -0.2) is 0 Å². The molecule has 110 valence electrons. The number of rotatable bonds is 4. The van der Waals surface area contributed by atoms with Gasteiger partial charge in [-0.1, -0.05) is 35.9 Å². The van der Waals surface area contributed by atoms with Crippen molar-refractivity contribution in [3.8, 4) is 11.5 Å². The van der Waals surface area contributed by atoms with Gasteiger partial charge in [0, 0.05) is 17.7 Å². The zero-order valence-corrected chi connectivity index (χ0v) is 11.9. The summed E-state index contributed by atoms with van der Waals surface area (Å²) in [5.74, 6) is 0.760. The minimum atomic E-state index is -0.451. The van der Waals surface area contributed by atoms with Gasteiger partial charge in [0.2, 0.25) is 11.8 Å². The molecule has 2 aromatic carbocycles. The van der Waals surface area contributed by atoms with Gasteiger partial charge in [0.1, 0.15) is 0 Å². The van der Waals surface area contributed by atoms with E-state index in [4.69, 9.17) is 4.42 Å². The first-order chi connectivity index (χ1) is 10.6. The quantitative estimate of drug-likeness (QED) is 0.543. The lowest BCUT2D eigenvalue weighted by molar-refractivity contribution is -0.384. The molecule has 0 saturated heterocycles. The molecule has 0 aliphatic rings. The highest BCUT2D eigenvalue weighted by Crippen LogP contribution is 2.23. The van der Waals surface area contributed by atoms with Gasteiger partial charge in [0.05, 0.1) is 11.3 Å². The SMILES string of the molecule is Cc1ccc(Cc2nnc(-c3cccc([N+](=O)[O-])c3)o2)cc1. The fourth-order valence-corrected chi connectivity index (χ4v) is 2.07. The third-order valence-corrected chi connectivity index (χ3v) is 3.25. The summed E-state index contributed by atoms with van der Waals surface area (Å²) in [6, 6.07) is 14.2. The van der Waals surface area contributed by atoms with Crippen LogP contribution in [0.1, 0.15) is 17.0 Å². The first-order valence-electron chi connectivity index (χ1n) is 6.74. The van der Waals surface area contributed by atoms with Crippen LogP contribution in [0.4, 0.5) is 5.69 Å². The molecule has 6 heteroatoms. The van der Waals surface area contributed by atoms with Crippen molar-refractivity contribution in [3.05, 3.63) is 75.7 Å². The third kappa shape index (κ3) is 3.01. The number of nitro groups is 1. The average molecular weight is 295 g/mol. The molecule has 0 N–H and O–H groups in total. The largest absolute Gasteiger partial charge is 0.420 e. The van der Waals surface area contributed by atoms with Gasteiger partial charge >= 0.3 is 0 Å². The Hall–Kier alpha value is -3.02. The molecule has 0 aliphatic heterocycles. The van der Waals surface area contributed by atoms with Crippen molar-refractivity contribution in [2.24, 2.45) is 0 Å². The molecule has 0 bridgehead atoms. The highest BCUT2D eigenvalue weighted by atomic mass is 16.6. The van der Waals surface area contributed by atoms with Crippen LogP contribution in [0.2, 0.25) is 0 Å². The maximum absolute atomic E-state index is 10.8. The summed E-state index contributed by atoms with van der Waals surface area (Å²) in [5, 5.41) is 18.8. The van der Waals surface area contributed by atoms with Crippen LogP contribution in [-0.4, -0.2) is 15.1 Å². The van der Waals surface area contributed by atoms with Crippen LogP contribution in [-0.2, 0) is 6.42 Å². The molecule has 3 rings (SSSR count). The predicted molar refractivity (Wildman–Crippen MR) is 80.4 cm³/mol. The lowest BCUT2D eigenvalue weighted by atomic mass is 10.1. The van der Waals surface area contributed by atoms with E-state index in [1.54, 1.807) is 12.1 Å². The van der Waals surface area contributed by atoms with Crippen molar-refractivity contribution >= 4 is 5.69 Å². The number of aromatic nitrogens is 2. The van der Waals surface area contributed by atoms with Gasteiger partial charge in [-0.15, -0.1) is 10.2 Å². The predicted octanol–water partition coefficient (Wildman–Crippen LogP) is 3.54. The molecule has 0 radical (unpaired) electrons. The van der Waals surface area contributed by atoms with E-state index in [-0.39, 0.29) is 11.6 Å². The van der Waals surface area contributed by atoms with Crippen LogP contribution in [0.3, 0.4) is 0 Å². The van der Waals surface area contributed by atoms with Crippen LogP contribution >= 0.6 is 0 Å². The van der Waals surface area contributed by atoms with Gasteiger partial charge in [-0.05, 0) is 18.6 Å². The number of aryl methyl sites for hydroxylation is 1. The Morgan fingerprint density at radius 1 is 1.14 bits per heavy atom. The van der Waals surface area contributed by atoms with Gasteiger partial charge in [0.15, 0.2) is 0 Å². The number of nitro benzene ring substituents is 1. The first kappa shape index (κ1) is 13.9. The molecule has 0 spiro atoms. The molecular weight excluding hydrogens is 282 g/mol. The zero-order chi connectivity index (χ0) is 15.5. The van der Waals surface area contributed by atoms with E-state index >= 15 is 0 Å². The fraction of sp³-hybridized carbons (Fsp3) is 0.125. The molecule has 3 aromatic rings. The van der Waals surface area contributed by atoms with Crippen LogP contribution in [0.5, 0.6) is 0 Å². The highest BCUT2D eigenvalue weighted by molar-refractivity contribution is 5.57. The summed E-state index contributed by atoms with van der Waals surface area (Å²) < 4.78 is 5.59. The summed E-state index contributed by atoms with van der Waals surface area (Å²) in [6.45, 7) is 2.02. The Morgan fingerprint density at radius 2 is 1.91 bits per heavy atom. The minimum absolute atomic E-state index is 0.00390. The minimum Gasteiger partial charge on any atom is -0.420 e. The van der Waals surface area contributed by atoms with Gasteiger partial charge in [-0.3, -0.25) is 10.1 Å².